The normalized spacial score (nSPS) is 12.6. The number of carbonyl (C=O) groups is 1. The van der Waals surface area contributed by atoms with E-state index >= 15 is 0 Å². The maximum Gasteiger partial charge on any atom is 0.224 e. The summed E-state index contributed by atoms with van der Waals surface area (Å²) in [5.41, 5.74) is 7.74. The van der Waals surface area contributed by atoms with Crippen LogP contribution in [0.25, 0.3) is 11.1 Å². The van der Waals surface area contributed by atoms with Crippen LogP contribution in [0.3, 0.4) is 0 Å². The molecule has 2 rings (SSSR count). The number of hydrogen-bond acceptors (Lipinski definition) is 4. The van der Waals surface area contributed by atoms with E-state index in [1.54, 1.807) is 18.2 Å². The van der Waals surface area contributed by atoms with Crippen molar-refractivity contribution < 1.29 is 9.21 Å². The first-order chi connectivity index (χ1) is 8.15. The van der Waals surface area contributed by atoms with E-state index < -0.39 is 0 Å². The van der Waals surface area contributed by atoms with Gasteiger partial charge in [0.25, 0.3) is 0 Å². The van der Waals surface area contributed by atoms with E-state index in [9.17, 15) is 4.79 Å². The summed E-state index contributed by atoms with van der Waals surface area (Å²) in [7, 11) is 0. The summed E-state index contributed by atoms with van der Waals surface area (Å²) in [6.45, 7) is 1.88. The number of benzene rings is 1. The van der Waals surface area contributed by atoms with Gasteiger partial charge in [-0.05, 0) is 25.5 Å². The van der Waals surface area contributed by atoms with E-state index in [2.05, 4.69) is 10.3 Å². The average molecular weight is 233 g/mol. The van der Waals surface area contributed by atoms with Gasteiger partial charge in [-0.15, -0.1) is 0 Å². The van der Waals surface area contributed by atoms with E-state index in [0.29, 0.717) is 24.1 Å². The molecule has 0 radical (unpaired) electrons. The van der Waals surface area contributed by atoms with Crippen molar-refractivity contribution in [2.45, 2.75) is 25.8 Å². The summed E-state index contributed by atoms with van der Waals surface area (Å²) >= 11 is 0. The number of fused-ring (bicyclic) bond motifs is 1. The Kier molecular flexibility index (Phi) is 3.39. The fraction of sp³-hybridized carbons (Fsp3) is 0.333. The molecule has 0 spiro atoms. The third-order valence-electron chi connectivity index (χ3n) is 2.44. The molecule has 1 unspecified atom stereocenters. The first-order valence-electron chi connectivity index (χ1n) is 5.54. The second kappa shape index (κ2) is 4.97. The van der Waals surface area contributed by atoms with E-state index in [1.807, 2.05) is 6.92 Å². The molecule has 1 heterocycles. The molecule has 1 aromatic carbocycles. The highest BCUT2D eigenvalue weighted by Crippen LogP contribution is 2.17. The summed E-state index contributed by atoms with van der Waals surface area (Å²) in [6, 6.07) is 5.40. The Morgan fingerprint density at radius 3 is 3.18 bits per heavy atom. The van der Waals surface area contributed by atoms with E-state index in [1.165, 1.54) is 6.39 Å². The van der Waals surface area contributed by atoms with Gasteiger partial charge < -0.3 is 15.5 Å². The predicted octanol–water partition coefficient (Wildman–Crippen LogP) is 1.89. The van der Waals surface area contributed by atoms with Gasteiger partial charge in [0.1, 0.15) is 5.52 Å². The van der Waals surface area contributed by atoms with Crippen LogP contribution in [-0.2, 0) is 4.79 Å². The van der Waals surface area contributed by atoms with Crippen LogP contribution in [0.15, 0.2) is 29.0 Å². The highest BCUT2D eigenvalue weighted by molar-refractivity contribution is 5.92. The Bertz CT molecular complexity index is 519. The van der Waals surface area contributed by atoms with Crippen LogP contribution in [0, 0.1) is 0 Å². The second-order valence-electron chi connectivity index (χ2n) is 4.10. The van der Waals surface area contributed by atoms with Crippen molar-refractivity contribution in [1.82, 2.24) is 4.98 Å². The lowest BCUT2D eigenvalue weighted by Crippen LogP contribution is -2.19. The van der Waals surface area contributed by atoms with Crippen molar-refractivity contribution in [1.29, 1.82) is 0 Å². The average Bonchev–Trinajstić information content (AvgIpc) is 2.73. The lowest BCUT2D eigenvalue weighted by atomic mass is 10.2. The number of aromatic nitrogens is 1. The van der Waals surface area contributed by atoms with E-state index in [4.69, 9.17) is 10.2 Å². The number of nitrogens with two attached hydrogens (primary N) is 1. The predicted molar refractivity (Wildman–Crippen MR) is 65.5 cm³/mol. The molecule has 0 saturated heterocycles. The molecule has 17 heavy (non-hydrogen) atoms. The van der Waals surface area contributed by atoms with Gasteiger partial charge in [0.2, 0.25) is 5.91 Å². The van der Waals surface area contributed by atoms with Crippen LogP contribution in [0.2, 0.25) is 0 Å². The van der Waals surface area contributed by atoms with Crippen LogP contribution in [0.5, 0.6) is 0 Å². The van der Waals surface area contributed by atoms with E-state index in [0.717, 1.165) is 5.52 Å². The molecule has 0 fully saturated rings. The number of amides is 1. The molecule has 0 bridgehead atoms. The lowest BCUT2D eigenvalue weighted by Gasteiger charge is -2.06. The van der Waals surface area contributed by atoms with Crippen molar-refractivity contribution in [2.75, 3.05) is 5.32 Å². The van der Waals surface area contributed by atoms with Crippen molar-refractivity contribution in [2.24, 2.45) is 5.73 Å². The summed E-state index contributed by atoms with van der Waals surface area (Å²) in [4.78, 5) is 15.6. The maximum absolute atomic E-state index is 11.6. The molecule has 1 aromatic heterocycles. The molecule has 1 amide bonds. The molecule has 2 aromatic rings. The van der Waals surface area contributed by atoms with Gasteiger partial charge in [-0.1, -0.05) is 0 Å². The SMILES string of the molecule is CC(N)CCC(=O)Nc1ccc2ncoc2c1. The zero-order valence-electron chi connectivity index (χ0n) is 9.64. The van der Waals surface area contributed by atoms with Crippen LogP contribution >= 0.6 is 0 Å². The third-order valence-corrected chi connectivity index (χ3v) is 2.44. The van der Waals surface area contributed by atoms with Crippen LogP contribution < -0.4 is 11.1 Å². The summed E-state index contributed by atoms with van der Waals surface area (Å²) in [6.07, 6.45) is 2.48. The zero-order chi connectivity index (χ0) is 12.3. The molecule has 5 heteroatoms. The number of rotatable bonds is 4. The first kappa shape index (κ1) is 11.6. The molecular weight excluding hydrogens is 218 g/mol. The van der Waals surface area contributed by atoms with Gasteiger partial charge in [0.05, 0.1) is 0 Å². The van der Waals surface area contributed by atoms with Gasteiger partial charge in [-0.2, -0.15) is 0 Å². The first-order valence-corrected chi connectivity index (χ1v) is 5.54. The number of anilines is 1. The van der Waals surface area contributed by atoms with Crippen molar-refractivity contribution in [3.63, 3.8) is 0 Å². The van der Waals surface area contributed by atoms with Gasteiger partial charge >= 0.3 is 0 Å². The summed E-state index contributed by atoms with van der Waals surface area (Å²) in [5, 5.41) is 2.80. The fourth-order valence-corrected chi connectivity index (χ4v) is 1.52. The van der Waals surface area contributed by atoms with E-state index in [-0.39, 0.29) is 11.9 Å². The minimum absolute atomic E-state index is 0.0394. The molecule has 3 N–H and O–H groups in total. The molecular formula is C12H15N3O2. The molecule has 1 atom stereocenters. The Morgan fingerprint density at radius 2 is 2.41 bits per heavy atom. The summed E-state index contributed by atoms with van der Waals surface area (Å²) < 4.78 is 5.16. The van der Waals surface area contributed by atoms with Crippen LogP contribution in [0.4, 0.5) is 5.69 Å². The smallest absolute Gasteiger partial charge is 0.224 e. The Balaban J connectivity index is 2.00. The Labute approximate surface area is 99.0 Å². The lowest BCUT2D eigenvalue weighted by molar-refractivity contribution is -0.116. The maximum atomic E-state index is 11.6. The van der Waals surface area contributed by atoms with Gasteiger partial charge in [-0.3, -0.25) is 4.79 Å². The number of carbonyl (C=O) groups excluding carboxylic acids is 1. The number of oxazole rings is 1. The van der Waals surface area contributed by atoms with Gasteiger partial charge in [-0.25, -0.2) is 4.98 Å². The van der Waals surface area contributed by atoms with Crippen LogP contribution in [-0.4, -0.2) is 16.9 Å². The van der Waals surface area contributed by atoms with Crippen LogP contribution in [0.1, 0.15) is 19.8 Å². The minimum Gasteiger partial charge on any atom is -0.443 e. The molecule has 90 valence electrons. The van der Waals surface area contributed by atoms with Gasteiger partial charge in [0, 0.05) is 24.2 Å². The number of hydrogen-bond donors (Lipinski definition) is 2. The Hall–Kier alpha value is -1.88. The quantitative estimate of drug-likeness (QED) is 0.845. The monoisotopic (exact) mass is 233 g/mol. The molecule has 0 aliphatic rings. The zero-order valence-corrected chi connectivity index (χ0v) is 9.64. The highest BCUT2D eigenvalue weighted by Gasteiger charge is 2.06. The fourth-order valence-electron chi connectivity index (χ4n) is 1.52. The number of nitrogens with zero attached hydrogens (tertiary/aromatic N) is 1. The summed E-state index contributed by atoms with van der Waals surface area (Å²) in [5.74, 6) is -0.0406. The number of nitrogens with one attached hydrogen (secondary N) is 1. The third kappa shape index (κ3) is 3.04. The minimum atomic E-state index is -0.0406. The standard InChI is InChI=1S/C12H15N3O2/c1-8(13)2-5-12(16)15-9-3-4-10-11(6-9)17-7-14-10/h3-4,6-8H,2,5,13H2,1H3,(H,15,16). The molecule has 0 saturated carbocycles. The molecule has 0 aliphatic carbocycles. The van der Waals surface area contributed by atoms with Crippen molar-refractivity contribution in [3.05, 3.63) is 24.6 Å². The molecule has 0 aliphatic heterocycles. The van der Waals surface area contributed by atoms with Crippen molar-refractivity contribution >= 4 is 22.7 Å². The highest BCUT2D eigenvalue weighted by atomic mass is 16.3. The van der Waals surface area contributed by atoms with Crippen molar-refractivity contribution in [3.8, 4) is 0 Å². The van der Waals surface area contributed by atoms with Gasteiger partial charge in [0.15, 0.2) is 12.0 Å². The largest absolute Gasteiger partial charge is 0.443 e. The topological polar surface area (TPSA) is 81.2 Å². The second-order valence-corrected chi connectivity index (χ2v) is 4.10. The molecule has 5 nitrogen and oxygen atoms in total. The Morgan fingerprint density at radius 1 is 1.59 bits per heavy atom.